The van der Waals surface area contributed by atoms with Gasteiger partial charge in [0.15, 0.2) is 0 Å². The number of thioether (sulfide) groups is 1. The molecule has 1 heterocycles. The SMILES string of the molecule is COc1ccc(OC)c(C2SCC(=O)N2Cc2c(F)cccc2F)c1. The lowest BCUT2D eigenvalue weighted by molar-refractivity contribution is -0.128. The van der Waals surface area contributed by atoms with E-state index >= 15 is 0 Å². The minimum Gasteiger partial charge on any atom is -0.497 e. The number of ether oxygens (including phenoxy) is 2. The number of nitrogens with zero attached hydrogens (tertiary/aromatic N) is 1. The van der Waals surface area contributed by atoms with Gasteiger partial charge in [0.25, 0.3) is 0 Å². The number of carbonyl (C=O) groups excluding carboxylic acids is 1. The van der Waals surface area contributed by atoms with E-state index < -0.39 is 17.0 Å². The largest absolute Gasteiger partial charge is 0.497 e. The first-order valence-corrected chi connectivity index (χ1v) is 8.66. The maximum Gasteiger partial charge on any atom is 0.234 e. The van der Waals surface area contributed by atoms with Crippen LogP contribution in [0.4, 0.5) is 8.78 Å². The van der Waals surface area contributed by atoms with E-state index in [1.807, 2.05) is 0 Å². The molecule has 1 unspecified atom stereocenters. The van der Waals surface area contributed by atoms with Crippen LogP contribution in [0.3, 0.4) is 0 Å². The van der Waals surface area contributed by atoms with E-state index in [1.165, 1.54) is 42.0 Å². The standard InChI is InChI=1S/C18H17F2NO3S/c1-23-11-6-7-16(24-2)12(8-11)18-21(17(22)10-25-18)9-13-14(19)4-3-5-15(13)20/h3-8,18H,9-10H2,1-2H3. The minimum atomic E-state index is -0.666. The molecule has 2 aromatic rings. The van der Waals surface area contributed by atoms with Crippen molar-refractivity contribution in [1.82, 2.24) is 4.90 Å². The summed E-state index contributed by atoms with van der Waals surface area (Å²) in [6.45, 7) is -0.143. The average molecular weight is 365 g/mol. The number of carbonyl (C=O) groups is 1. The molecule has 25 heavy (non-hydrogen) atoms. The molecular weight excluding hydrogens is 348 g/mol. The molecule has 1 aliphatic rings. The van der Waals surface area contributed by atoms with Crippen LogP contribution < -0.4 is 9.47 Å². The van der Waals surface area contributed by atoms with Gasteiger partial charge in [-0.2, -0.15) is 0 Å². The van der Waals surface area contributed by atoms with Crippen LogP contribution in [0.2, 0.25) is 0 Å². The summed E-state index contributed by atoms with van der Waals surface area (Å²) < 4.78 is 38.6. The average Bonchev–Trinajstić information content (AvgIpc) is 2.98. The van der Waals surface area contributed by atoms with Gasteiger partial charge in [0, 0.05) is 11.1 Å². The van der Waals surface area contributed by atoms with E-state index in [2.05, 4.69) is 0 Å². The van der Waals surface area contributed by atoms with E-state index in [4.69, 9.17) is 9.47 Å². The van der Waals surface area contributed by atoms with Crippen molar-refractivity contribution in [3.8, 4) is 11.5 Å². The Kier molecular flexibility index (Phi) is 5.13. The van der Waals surface area contributed by atoms with Gasteiger partial charge < -0.3 is 14.4 Å². The van der Waals surface area contributed by atoms with Crippen molar-refractivity contribution in [1.29, 1.82) is 0 Å². The molecule has 2 aromatic carbocycles. The van der Waals surface area contributed by atoms with Gasteiger partial charge >= 0.3 is 0 Å². The molecule has 0 spiro atoms. The summed E-state index contributed by atoms with van der Waals surface area (Å²) in [5.74, 6) is -0.0643. The highest BCUT2D eigenvalue weighted by atomic mass is 32.2. The Morgan fingerprint density at radius 1 is 1.16 bits per heavy atom. The highest BCUT2D eigenvalue weighted by molar-refractivity contribution is 8.00. The van der Waals surface area contributed by atoms with Gasteiger partial charge in [0.2, 0.25) is 5.91 Å². The molecule has 0 bridgehead atoms. The molecule has 7 heteroatoms. The zero-order chi connectivity index (χ0) is 18.0. The maximum absolute atomic E-state index is 14.0. The first-order valence-electron chi connectivity index (χ1n) is 7.61. The second kappa shape index (κ2) is 7.31. The fourth-order valence-electron chi connectivity index (χ4n) is 2.77. The normalized spacial score (nSPS) is 17.0. The summed E-state index contributed by atoms with van der Waals surface area (Å²) in [6, 6.07) is 8.96. The number of hydrogen-bond acceptors (Lipinski definition) is 4. The smallest absolute Gasteiger partial charge is 0.234 e. The van der Waals surface area contributed by atoms with Crippen molar-refractivity contribution in [3.63, 3.8) is 0 Å². The van der Waals surface area contributed by atoms with E-state index in [1.54, 1.807) is 25.3 Å². The fourth-order valence-corrected chi connectivity index (χ4v) is 3.97. The van der Waals surface area contributed by atoms with Gasteiger partial charge in [0.05, 0.1) is 26.5 Å². The lowest BCUT2D eigenvalue weighted by Gasteiger charge is -2.26. The van der Waals surface area contributed by atoms with Gasteiger partial charge in [0.1, 0.15) is 28.5 Å². The lowest BCUT2D eigenvalue weighted by atomic mass is 10.1. The van der Waals surface area contributed by atoms with Crippen molar-refractivity contribution in [2.45, 2.75) is 11.9 Å². The molecule has 1 aliphatic heterocycles. The molecule has 1 saturated heterocycles. The van der Waals surface area contributed by atoms with Gasteiger partial charge in [-0.05, 0) is 30.3 Å². The highest BCUT2D eigenvalue weighted by Gasteiger charge is 2.35. The summed E-state index contributed by atoms with van der Waals surface area (Å²) >= 11 is 1.39. The molecule has 1 amide bonds. The van der Waals surface area contributed by atoms with Crippen molar-refractivity contribution in [2.75, 3.05) is 20.0 Å². The molecular formula is C18H17F2NO3S. The Labute approximate surface area is 148 Å². The quantitative estimate of drug-likeness (QED) is 0.809. The molecule has 0 aliphatic carbocycles. The molecule has 132 valence electrons. The minimum absolute atomic E-state index is 0.120. The molecule has 0 radical (unpaired) electrons. The third kappa shape index (κ3) is 3.42. The van der Waals surface area contributed by atoms with Crippen LogP contribution in [-0.2, 0) is 11.3 Å². The maximum atomic E-state index is 14.0. The predicted octanol–water partition coefficient (Wildman–Crippen LogP) is 3.76. The number of rotatable bonds is 5. The van der Waals surface area contributed by atoms with Crippen molar-refractivity contribution in [3.05, 3.63) is 59.2 Å². The second-order valence-electron chi connectivity index (χ2n) is 5.49. The third-order valence-electron chi connectivity index (χ3n) is 4.06. The Morgan fingerprint density at radius 3 is 2.52 bits per heavy atom. The Balaban J connectivity index is 1.98. The van der Waals surface area contributed by atoms with Crippen LogP contribution in [0, 0.1) is 11.6 Å². The van der Waals surface area contributed by atoms with Crippen LogP contribution in [-0.4, -0.2) is 30.8 Å². The number of methoxy groups -OCH3 is 2. The molecule has 1 atom stereocenters. The molecule has 1 fully saturated rings. The van der Waals surface area contributed by atoms with Crippen molar-refractivity contribution >= 4 is 17.7 Å². The van der Waals surface area contributed by atoms with Crippen LogP contribution in [0.25, 0.3) is 0 Å². The summed E-state index contributed by atoms with van der Waals surface area (Å²) in [7, 11) is 3.08. The Bertz CT molecular complexity index is 780. The molecule has 3 rings (SSSR count). The van der Waals surface area contributed by atoms with E-state index in [-0.39, 0.29) is 23.8 Å². The fraction of sp³-hybridized carbons (Fsp3) is 0.278. The predicted molar refractivity (Wildman–Crippen MR) is 91.7 cm³/mol. The zero-order valence-electron chi connectivity index (χ0n) is 13.8. The molecule has 0 saturated carbocycles. The van der Waals surface area contributed by atoms with Crippen LogP contribution in [0.15, 0.2) is 36.4 Å². The summed E-state index contributed by atoms with van der Waals surface area (Å²) in [5, 5.41) is -0.406. The van der Waals surface area contributed by atoms with Gasteiger partial charge in [-0.25, -0.2) is 8.78 Å². The molecule has 0 N–H and O–H groups in total. The lowest BCUT2D eigenvalue weighted by Crippen LogP contribution is -2.28. The van der Waals surface area contributed by atoms with Crippen LogP contribution >= 0.6 is 11.8 Å². The molecule has 4 nitrogen and oxygen atoms in total. The second-order valence-corrected chi connectivity index (χ2v) is 6.56. The monoisotopic (exact) mass is 365 g/mol. The summed E-state index contributed by atoms with van der Waals surface area (Å²) in [6.07, 6.45) is 0. The van der Waals surface area contributed by atoms with Crippen LogP contribution in [0.1, 0.15) is 16.5 Å². The highest BCUT2D eigenvalue weighted by Crippen LogP contribution is 2.44. The van der Waals surface area contributed by atoms with E-state index in [0.717, 1.165) is 5.56 Å². The van der Waals surface area contributed by atoms with E-state index in [9.17, 15) is 13.6 Å². The van der Waals surface area contributed by atoms with Gasteiger partial charge in [-0.1, -0.05) is 6.07 Å². The number of hydrogen-bond donors (Lipinski definition) is 0. The van der Waals surface area contributed by atoms with Crippen molar-refractivity contribution in [2.24, 2.45) is 0 Å². The zero-order valence-corrected chi connectivity index (χ0v) is 14.6. The number of halogens is 2. The Morgan fingerprint density at radius 2 is 1.88 bits per heavy atom. The summed E-state index contributed by atoms with van der Waals surface area (Å²) in [5.41, 5.74) is 0.611. The Hall–Kier alpha value is -2.28. The molecule has 0 aromatic heterocycles. The van der Waals surface area contributed by atoms with Crippen LogP contribution in [0.5, 0.6) is 11.5 Å². The van der Waals surface area contributed by atoms with Gasteiger partial charge in [-0.15, -0.1) is 11.8 Å². The topological polar surface area (TPSA) is 38.8 Å². The number of amides is 1. The third-order valence-corrected chi connectivity index (χ3v) is 5.30. The summed E-state index contributed by atoms with van der Waals surface area (Å²) in [4.78, 5) is 13.8. The first-order chi connectivity index (χ1) is 12.0. The van der Waals surface area contributed by atoms with Gasteiger partial charge in [-0.3, -0.25) is 4.79 Å². The van der Waals surface area contributed by atoms with Crippen molar-refractivity contribution < 1.29 is 23.0 Å². The van der Waals surface area contributed by atoms with E-state index in [0.29, 0.717) is 11.5 Å². The first kappa shape index (κ1) is 17.5. The number of benzene rings is 2.